The van der Waals surface area contributed by atoms with Crippen LogP contribution in [0.4, 0.5) is 0 Å². The minimum absolute atomic E-state index is 0.647. The molecule has 0 nitrogen and oxygen atoms in total. The molecule has 14 heavy (non-hydrogen) atoms. The highest BCUT2D eigenvalue weighted by Gasteiger charge is 2.25. The van der Waals surface area contributed by atoms with Crippen molar-refractivity contribution in [1.29, 1.82) is 0 Å². The summed E-state index contributed by atoms with van der Waals surface area (Å²) in [5.41, 5.74) is 2.11. The Hall–Kier alpha value is -0.823. The van der Waals surface area contributed by atoms with Crippen molar-refractivity contribution < 1.29 is 0 Å². The second-order valence-electron chi connectivity index (χ2n) is 4.78. The average molecular weight is 204 g/mol. The van der Waals surface area contributed by atoms with E-state index in [0.717, 1.165) is 0 Å². The summed E-state index contributed by atoms with van der Waals surface area (Å²) in [4.78, 5) is 0. The third kappa shape index (κ3) is 2.84. The Labute approximate surface area is 88.7 Å². The van der Waals surface area contributed by atoms with Gasteiger partial charge >= 0.3 is 0 Å². The fourth-order valence-electron chi connectivity index (χ4n) is 1.75. The van der Waals surface area contributed by atoms with Crippen LogP contribution in [-0.2, 0) is 0 Å². The smallest absolute Gasteiger partial charge is 0.0565 e. The van der Waals surface area contributed by atoms with E-state index >= 15 is 0 Å². The zero-order chi connectivity index (χ0) is 10.6. The van der Waals surface area contributed by atoms with Gasteiger partial charge in [0.25, 0.3) is 0 Å². The maximum absolute atomic E-state index is 2.42. The third-order valence-corrected chi connectivity index (χ3v) is 4.87. The topological polar surface area (TPSA) is 0 Å². The molecule has 0 saturated heterocycles. The lowest BCUT2D eigenvalue weighted by Gasteiger charge is -2.26. The standard InChI is InChI=1S/C13H20Si/c1-5-9-13(14(2,3)4)12-10-7-6-8-11-12/h5-11,13H,1-4H3/b9-5-/t13-/m1/s1. The maximum atomic E-state index is 2.42. The summed E-state index contributed by atoms with van der Waals surface area (Å²) < 4.78 is 0. The van der Waals surface area contributed by atoms with E-state index in [1.807, 2.05) is 0 Å². The molecular weight excluding hydrogens is 184 g/mol. The molecule has 0 aliphatic rings. The summed E-state index contributed by atoms with van der Waals surface area (Å²) in [6, 6.07) is 10.8. The number of benzene rings is 1. The van der Waals surface area contributed by atoms with Crippen LogP contribution in [0.25, 0.3) is 0 Å². The van der Waals surface area contributed by atoms with Crippen LogP contribution in [0.5, 0.6) is 0 Å². The Morgan fingerprint density at radius 3 is 2.07 bits per heavy atom. The molecule has 0 aliphatic carbocycles. The highest BCUT2D eigenvalue weighted by atomic mass is 28.3. The average Bonchev–Trinajstić information content (AvgIpc) is 2.14. The first-order valence-corrected chi connectivity index (χ1v) is 8.81. The highest BCUT2D eigenvalue weighted by molar-refractivity contribution is 6.77. The Morgan fingerprint density at radius 2 is 1.64 bits per heavy atom. The van der Waals surface area contributed by atoms with Crippen molar-refractivity contribution in [2.75, 3.05) is 0 Å². The van der Waals surface area contributed by atoms with Gasteiger partial charge in [-0.2, -0.15) is 0 Å². The molecule has 1 heteroatoms. The van der Waals surface area contributed by atoms with Gasteiger partial charge in [0.1, 0.15) is 0 Å². The van der Waals surface area contributed by atoms with Crippen LogP contribution in [0.3, 0.4) is 0 Å². The molecule has 0 N–H and O–H groups in total. The first-order chi connectivity index (χ1) is 6.55. The van der Waals surface area contributed by atoms with Gasteiger partial charge in [0.05, 0.1) is 8.07 Å². The molecule has 1 rings (SSSR count). The quantitative estimate of drug-likeness (QED) is 0.511. The van der Waals surface area contributed by atoms with Gasteiger partial charge in [-0.1, -0.05) is 62.1 Å². The number of rotatable bonds is 3. The Balaban J connectivity index is 3.01. The summed E-state index contributed by atoms with van der Waals surface area (Å²) in [7, 11) is -1.14. The monoisotopic (exact) mass is 204 g/mol. The summed E-state index contributed by atoms with van der Waals surface area (Å²) in [6.07, 6.45) is 4.53. The van der Waals surface area contributed by atoms with E-state index in [0.29, 0.717) is 5.54 Å². The van der Waals surface area contributed by atoms with Crippen molar-refractivity contribution in [3.8, 4) is 0 Å². The van der Waals surface area contributed by atoms with E-state index in [1.165, 1.54) is 5.56 Å². The molecule has 1 aromatic rings. The number of hydrogen-bond donors (Lipinski definition) is 0. The highest BCUT2D eigenvalue weighted by Crippen LogP contribution is 2.27. The van der Waals surface area contributed by atoms with Crippen LogP contribution in [0.15, 0.2) is 42.5 Å². The van der Waals surface area contributed by atoms with E-state index in [2.05, 4.69) is 69.0 Å². The molecule has 0 radical (unpaired) electrons. The molecule has 0 unspecified atom stereocenters. The van der Waals surface area contributed by atoms with Crippen molar-refractivity contribution in [2.45, 2.75) is 32.1 Å². The minimum Gasteiger partial charge on any atom is -0.0913 e. The molecule has 0 fully saturated rings. The van der Waals surface area contributed by atoms with Crippen LogP contribution < -0.4 is 0 Å². The van der Waals surface area contributed by atoms with Crippen molar-refractivity contribution in [2.24, 2.45) is 0 Å². The zero-order valence-corrected chi connectivity index (χ0v) is 10.6. The van der Waals surface area contributed by atoms with Gasteiger partial charge in [-0.15, -0.1) is 0 Å². The molecule has 0 amide bonds. The van der Waals surface area contributed by atoms with E-state index in [9.17, 15) is 0 Å². The fraction of sp³-hybridized carbons (Fsp3) is 0.385. The largest absolute Gasteiger partial charge is 0.0913 e. The van der Waals surface area contributed by atoms with Gasteiger partial charge in [0.15, 0.2) is 0 Å². The molecule has 1 aromatic carbocycles. The summed E-state index contributed by atoms with van der Waals surface area (Å²) >= 11 is 0. The summed E-state index contributed by atoms with van der Waals surface area (Å²) in [6.45, 7) is 9.37. The lowest BCUT2D eigenvalue weighted by atomic mass is 10.1. The molecule has 0 aromatic heterocycles. The number of allylic oxidation sites excluding steroid dienone is 2. The first-order valence-electron chi connectivity index (χ1n) is 5.23. The van der Waals surface area contributed by atoms with Gasteiger partial charge < -0.3 is 0 Å². The maximum Gasteiger partial charge on any atom is 0.0565 e. The van der Waals surface area contributed by atoms with Crippen molar-refractivity contribution in [3.63, 3.8) is 0 Å². The summed E-state index contributed by atoms with van der Waals surface area (Å²) in [5, 5.41) is 0. The van der Waals surface area contributed by atoms with Gasteiger partial charge in [-0.05, 0) is 18.0 Å². The van der Waals surface area contributed by atoms with Crippen LogP contribution in [0.2, 0.25) is 19.6 Å². The van der Waals surface area contributed by atoms with Crippen molar-refractivity contribution >= 4 is 8.07 Å². The van der Waals surface area contributed by atoms with Gasteiger partial charge in [0, 0.05) is 0 Å². The number of hydrogen-bond acceptors (Lipinski definition) is 0. The van der Waals surface area contributed by atoms with Crippen LogP contribution in [0, 0.1) is 0 Å². The van der Waals surface area contributed by atoms with E-state index < -0.39 is 8.07 Å². The molecular formula is C13H20Si. The SMILES string of the molecule is C/C=C\[C@H](c1ccccc1)[Si](C)(C)C. The molecule has 76 valence electrons. The minimum atomic E-state index is -1.14. The van der Waals surface area contributed by atoms with E-state index in [1.54, 1.807) is 0 Å². The molecule has 0 bridgehead atoms. The first kappa shape index (κ1) is 11.3. The Kier molecular flexibility index (Phi) is 3.70. The molecule has 1 atom stereocenters. The van der Waals surface area contributed by atoms with E-state index in [4.69, 9.17) is 0 Å². The lowest BCUT2D eigenvalue weighted by molar-refractivity contribution is 1.13. The second-order valence-corrected chi connectivity index (χ2v) is 10.1. The molecule has 0 saturated carbocycles. The lowest BCUT2D eigenvalue weighted by Crippen LogP contribution is -2.29. The van der Waals surface area contributed by atoms with E-state index in [-0.39, 0.29) is 0 Å². The zero-order valence-electron chi connectivity index (χ0n) is 9.62. The third-order valence-electron chi connectivity index (χ3n) is 2.48. The van der Waals surface area contributed by atoms with Crippen molar-refractivity contribution in [1.82, 2.24) is 0 Å². The molecule has 0 aliphatic heterocycles. The summed E-state index contributed by atoms with van der Waals surface area (Å²) in [5.74, 6) is 0. The van der Waals surface area contributed by atoms with Gasteiger partial charge in [0.2, 0.25) is 0 Å². The van der Waals surface area contributed by atoms with Gasteiger partial charge in [-0.3, -0.25) is 0 Å². The second kappa shape index (κ2) is 4.60. The van der Waals surface area contributed by atoms with Gasteiger partial charge in [-0.25, -0.2) is 0 Å². The van der Waals surface area contributed by atoms with Crippen LogP contribution >= 0.6 is 0 Å². The molecule has 0 heterocycles. The Morgan fingerprint density at radius 1 is 1.07 bits per heavy atom. The van der Waals surface area contributed by atoms with Crippen LogP contribution in [-0.4, -0.2) is 8.07 Å². The predicted octanol–water partition coefficient (Wildman–Crippen LogP) is 4.22. The van der Waals surface area contributed by atoms with Crippen LogP contribution in [0.1, 0.15) is 18.0 Å². The molecule has 0 spiro atoms. The van der Waals surface area contributed by atoms with Crippen molar-refractivity contribution in [3.05, 3.63) is 48.0 Å². The fourth-order valence-corrected chi connectivity index (χ4v) is 3.71. The normalized spacial score (nSPS) is 14.6. The predicted molar refractivity (Wildman–Crippen MR) is 67.3 cm³/mol. The Bertz CT molecular complexity index is 293.